The van der Waals surface area contributed by atoms with Crippen molar-refractivity contribution >= 4 is 0 Å². The number of hydrogen-bond acceptors (Lipinski definition) is 2. The van der Waals surface area contributed by atoms with Crippen molar-refractivity contribution in [3.8, 4) is 5.75 Å². The maximum atomic E-state index is 5.92. The predicted molar refractivity (Wildman–Crippen MR) is 80.5 cm³/mol. The molecule has 2 N–H and O–H groups in total. The molecule has 0 radical (unpaired) electrons. The van der Waals surface area contributed by atoms with Crippen molar-refractivity contribution in [3.05, 3.63) is 29.8 Å². The molecule has 0 atom stereocenters. The van der Waals surface area contributed by atoms with Gasteiger partial charge >= 0.3 is 0 Å². The largest absolute Gasteiger partial charge is 0.493 e. The quantitative estimate of drug-likeness (QED) is 0.871. The van der Waals surface area contributed by atoms with Gasteiger partial charge in [-0.05, 0) is 67.7 Å². The van der Waals surface area contributed by atoms with Gasteiger partial charge in [0.25, 0.3) is 0 Å². The highest BCUT2D eigenvalue weighted by atomic mass is 16.5. The molecule has 19 heavy (non-hydrogen) atoms. The van der Waals surface area contributed by atoms with Gasteiger partial charge in [0.1, 0.15) is 5.75 Å². The first-order valence-electron chi connectivity index (χ1n) is 7.62. The second kappa shape index (κ2) is 6.95. The molecule has 0 unspecified atom stereocenters. The normalized spacial score (nSPS) is 23.6. The maximum Gasteiger partial charge on any atom is 0.119 e. The Morgan fingerprint density at radius 1 is 1.05 bits per heavy atom. The highest BCUT2D eigenvalue weighted by Gasteiger charge is 2.20. The summed E-state index contributed by atoms with van der Waals surface area (Å²) < 4.78 is 5.92. The molecular weight excluding hydrogens is 234 g/mol. The Kier molecular flexibility index (Phi) is 5.26. The Bertz CT molecular complexity index is 363. The van der Waals surface area contributed by atoms with Crippen LogP contribution in [0, 0.1) is 11.8 Å². The van der Waals surface area contributed by atoms with E-state index in [1.807, 2.05) is 0 Å². The second-order valence-corrected chi connectivity index (χ2v) is 6.16. The SMILES string of the molecule is CC(C)c1ccc(OC[C@H]2CC[C@H](CN)CC2)cc1. The number of hydrogen-bond donors (Lipinski definition) is 1. The van der Waals surface area contributed by atoms with Gasteiger partial charge in [-0.3, -0.25) is 0 Å². The molecular formula is C17H27NO. The molecule has 1 aliphatic rings. The van der Waals surface area contributed by atoms with Gasteiger partial charge in [0.15, 0.2) is 0 Å². The lowest BCUT2D eigenvalue weighted by molar-refractivity contribution is 0.185. The first-order valence-corrected chi connectivity index (χ1v) is 7.62. The summed E-state index contributed by atoms with van der Waals surface area (Å²) in [6.45, 7) is 6.14. The molecule has 0 amide bonds. The van der Waals surface area contributed by atoms with Crippen molar-refractivity contribution in [2.24, 2.45) is 17.6 Å². The van der Waals surface area contributed by atoms with E-state index in [0.717, 1.165) is 24.8 Å². The molecule has 2 nitrogen and oxygen atoms in total. The zero-order valence-electron chi connectivity index (χ0n) is 12.3. The van der Waals surface area contributed by atoms with Gasteiger partial charge in [0.2, 0.25) is 0 Å². The van der Waals surface area contributed by atoms with E-state index in [-0.39, 0.29) is 0 Å². The van der Waals surface area contributed by atoms with E-state index < -0.39 is 0 Å². The topological polar surface area (TPSA) is 35.2 Å². The van der Waals surface area contributed by atoms with E-state index in [1.54, 1.807) is 0 Å². The molecule has 106 valence electrons. The van der Waals surface area contributed by atoms with Gasteiger partial charge < -0.3 is 10.5 Å². The fourth-order valence-electron chi connectivity index (χ4n) is 2.80. The highest BCUT2D eigenvalue weighted by Crippen LogP contribution is 2.28. The summed E-state index contributed by atoms with van der Waals surface area (Å²) in [7, 11) is 0. The van der Waals surface area contributed by atoms with Crippen LogP contribution in [-0.4, -0.2) is 13.2 Å². The van der Waals surface area contributed by atoms with Crippen molar-refractivity contribution in [2.45, 2.75) is 45.4 Å². The smallest absolute Gasteiger partial charge is 0.119 e. The predicted octanol–water partition coefficient (Wildman–Crippen LogP) is 3.95. The van der Waals surface area contributed by atoms with Crippen LogP contribution in [0.25, 0.3) is 0 Å². The molecule has 0 heterocycles. The molecule has 1 aliphatic carbocycles. The molecule has 2 rings (SSSR count). The lowest BCUT2D eigenvalue weighted by atomic mass is 9.82. The zero-order valence-corrected chi connectivity index (χ0v) is 12.3. The lowest BCUT2D eigenvalue weighted by Crippen LogP contribution is -2.24. The van der Waals surface area contributed by atoms with Crippen LogP contribution in [0.4, 0.5) is 0 Å². The Balaban J connectivity index is 1.76. The van der Waals surface area contributed by atoms with E-state index in [9.17, 15) is 0 Å². The summed E-state index contributed by atoms with van der Waals surface area (Å²) in [5.74, 6) is 3.06. The third-order valence-corrected chi connectivity index (χ3v) is 4.33. The monoisotopic (exact) mass is 261 g/mol. The van der Waals surface area contributed by atoms with Crippen LogP contribution in [-0.2, 0) is 0 Å². The van der Waals surface area contributed by atoms with Crippen molar-refractivity contribution < 1.29 is 4.74 Å². The van der Waals surface area contributed by atoms with Crippen LogP contribution < -0.4 is 10.5 Å². The molecule has 1 fully saturated rings. The first-order chi connectivity index (χ1) is 9.19. The molecule has 0 aliphatic heterocycles. The average Bonchev–Trinajstić information content (AvgIpc) is 2.46. The summed E-state index contributed by atoms with van der Waals surface area (Å²) in [4.78, 5) is 0. The fraction of sp³-hybridized carbons (Fsp3) is 0.647. The van der Waals surface area contributed by atoms with Gasteiger partial charge in [0, 0.05) is 0 Å². The van der Waals surface area contributed by atoms with Gasteiger partial charge in [-0.25, -0.2) is 0 Å². The molecule has 0 spiro atoms. The third kappa shape index (κ3) is 4.24. The van der Waals surface area contributed by atoms with Crippen LogP contribution in [0.2, 0.25) is 0 Å². The Morgan fingerprint density at radius 2 is 1.63 bits per heavy atom. The van der Waals surface area contributed by atoms with Crippen molar-refractivity contribution in [3.63, 3.8) is 0 Å². The van der Waals surface area contributed by atoms with E-state index >= 15 is 0 Å². The van der Waals surface area contributed by atoms with Crippen LogP contribution in [0.5, 0.6) is 5.75 Å². The minimum absolute atomic E-state index is 0.584. The summed E-state index contributed by atoms with van der Waals surface area (Å²) >= 11 is 0. The summed E-state index contributed by atoms with van der Waals surface area (Å²) in [5, 5.41) is 0. The van der Waals surface area contributed by atoms with Crippen molar-refractivity contribution in [1.82, 2.24) is 0 Å². The highest BCUT2D eigenvalue weighted by molar-refractivity contribution is 5.28. The third-order valence-electron chi connectivity index (χ3n) is 4.33. The average molecular weight is 261 g/mol. The van der Waals surface area contributed by atoms with Crippen LogP contribution in [0.15, 0.2) is 24.3 Å². The van der Waals surface area contributed by atoms with E-state index in [2.05, 4.69) is 38.1 Å². The number of ether oxygens (including phenoxy) is 1. The molecule has 1 aromatic carbocycles. The maximum absolute atomic E-state index is 5.92. The molecule has 0 bridgehead atoms. The van der Waals surface area contributed by atoms with Gasteiger partial charge in [0.05, 0.1) is 6.61 Å². The standard InChI is InChI=1S/C17H27NO/c1-13(2)16-7-9-17(10-8-16)19-12-15-5-3-14(11-18)4-6-15/h7-10,13-15H,3-6,11-12,18H2,1-2H3/t14-,15-. The summed E-state index contributed by atoms with van der Waals surface area (Å²) in [6.07, 6.45) is 5.09. The molecule has 0 saturated heterocycles. The van der Waals surface area contributed by atoms with Crippen molar-refractivity contribution in [2.75, 3.05) is 13.2 Å². The van der Waals surface area contributed by atoms with E-state index in [1.165, 1.54) is 31.2 Å². The first kappa shape index (κ1) is 14.4. The zero-order chi connectivity index (χ0) is 13.7. The van der Waals surface area contributed by atoms with Gasteiger partial charge in [-0.15, -0.1) is 0 Å². The Morgan fingerprint density at radius 3 is 2.16 bits per heavy atom. The van der Waals surface area contributed by atoms with E-state index in [4.69, 9.17) is 10.5 Å². The Labute approximate surface area is 117 Å². The number of rotatable bonds is 5. The molecule has 1 aromatic rings. The minimum atomic E-state index is 0.584. The number of benzene rings is 1. The Hall–Kier alpha value is -1.02. The summed E-state index contributed by atoms with van der Waals surface area (Å²) in [5.41, 5.74) is 7.09. The van der Waals surface area contributed by atoms with Crippen LogP contribution in [0.3, 0.4) is 0 Å². The van der Waals surface area contributed by atoms with E-state index in [0.29, 0.717) is 11.8 Å². The molecule has 1 saturated carbocycles. The van der Waals surface area contributed by atoms with Gasteiger partial charge in [-0.2, -0.15) is 0 Å². The van der Waals surface area contributed by atoms with Gasteiger partial charge in [-0.1, -0.05) is 26.0 Å². The minimum Gasteiger partial charge on any atom is -0.493 e. The second-order valence-electron chi connectivity index (χ2n) is 6.16. The lowest BCUT2D eigenvalue weighted by Gasteiger charge is -2.27. The summed E-state index contributed by atoms with van der Waals surface area (Å²) in [6, 6.07) is 8.54. The van der Waals surface area contributed by atoms with Crippen molar-refractivity contribution in [1.29, 1.82) is 0 Å². The fourth-order valence-corrected chi connectivity index (χ4v) is 2.80. The molecule has 0 aromatic heterocycles. The number of nitrogens with two attached hydrogens (primary N) is 1. The molecule has 2 heteroatoms. The van der Waals surface area contributed by atoms with Crippen LogP contribution >= 0.6 is 0 Å². The van der Waals surface area contributed by atoms with Crippen LogP contribution in [0.1, 0.15) is 51.0 Å².